The van der Waals surface area contributed by atoms with Crippen molar-refractivity contribution in [3.8, 4) is 0 Å². The van der Waals surface area contributed by atoms with Crippen molar-refractivity contribution in [2.24, 2.45) is 5.92 Å². The van der Waals surface area contributed by atoms with Crippen LogP contribution in [0.4, 0.5) is 0 Å². The molecule has 4 heteroatoms. The van der Waals surface area contributed by atoms with Gasteiger partial charge >= 0.3 is 5.97 Å². The van der Waals surface area contributed by atoms with Crippen LogP contribution in [0, 0.1) is 12.8 Å². The van der Waals surface area contributed by atoms with Crippen LogP contribution in [-0.2, 0) is 20.7 Å². The zero-order valence-corrected chi connectivity index (χ0v) is 12.5. The fraction of sp³-hybridized carbons (Fsp3) is 0.500. The molecule has 1 aromatic rings. The van der Waals surface area contributed by atoms with Gasteiger partial charge in [-0.25, -0.2) is 4.79 Å². The maximum Gasteiger partial charge on any atom is 0.328 e. The topological polar surface area (TPSA) is 55.4 Å². The van der Waals surface area contributed by atoms with E-state index >= 15 is 0 Å². The van der Waals surface area contributed by atoms with Gasteiger partial charge in [-0.05, 0) is 25.3 Å². The lowest BCUT2D eigenvalue weighted by molar-refractivity contribution is -0.148. The van der Waals surface area contributed by atoms with E-state index in [4.69, 9.17) is 6.11 Å². The van der Waals surface area contributed by atoms with E-state index < -0.39 is 24.3 Å². The Morgan fingerprint density at radius 3 is 2.40 bits per heavy atom. The predicted octanol–water partition coefficient (Wildman–Crippen LogP) is 2.24. The minimum Gasteiger partial charge on any atom is -0.464 e. The van der Waals surface area contributed by atoms with Crippen LogP contribution < -0.4 is 5.32 Å². The fourth-order valence-electron chi connectivity index (χ4n) is 1.50. The van der Waals surface area contributed by atoms with Crippen molar-refractivity contribution >= 4 is 11.9 Å². The minimum absolute atomic E-state index is 0.244. The monoisotopic (exact) mass is 278 g/mol. The molecule has 0 aromatic heterocycles. The first-order valence-electron chi connectivity index (χ1n) is 7.34. The Kier molecular flexibility index (Phi) is 5.59. The summed E-state index contributed by atoms with van der Waals surface area (Å²) in [5.74, 6) is -0.741. The highest BCUT2D eigenvalue weighted by Crippen LogP contribution is 2.04. The summed E-state index contributed by atoms with van der Waals surface area (Å²) < 4.78 is 13.0. The molecule has 0 spiro atoms. The maximum atomic E-state index is 12.0. The number of carbonyl (C=O) groups excluding carboxylic acids is 2. The van der Waals surface area contributed by atoms with E-state index in [-0.39, 0.29) is 5.92 Å². The third kappa shape index (κ3) is 5.87. The third-order valence-corrected chi connectivity index (χ3v) is 2.65. The number of rotatable bonds is 6. The van der Waals surface area contributed by atoms with Gasteiger partial charge in [0.15, 0.2) is 0 Å². The second-order valence-electron chi connectivity index (χ2n) is 5.31. The third-order valence-electron chi connectivity index (χ3n) is 2.65. The normalized spacial score (nSPS) is 14.3. The van der Waals surface area contributed by atoms with Crippen molar-refractivity contribution < 1.29 is 15.7 Å². The number of ether oxygens (including phenoxy) is 1. The van der Waals surface area contributed by atoms with E-state index in [0.717, 1.165) is 5.56 Å². The summed E-state index contributed by atoms with van der Waals surface area (Å²) in [4.78, 5) is 23.7. The first kappa shape index (κ1) is 14.6. The summed E-state index contributed by atoms with van der Waals surface area (Å²) >= 11 is 0. The maximum absolute atomic E-state index is 12.0. The predicted molar refractivity (Wildman–Crippen MR) is 78.3 cm³/mol. The van der Waals surface area contributed by atoms with E-state index in [2.05, 4.69) is 5.32 Å². The van der Waals surface area contributed by atoms with Crippen molar-refractivity contribution in [2.45, 2.75) is 40.1 Å². The van der Waals surface area contributed by atoms with Gasteiger partial charge in [0.2, 0.25) is 5.91 Å². The smallest absolute Gasteiger partial charge is 0.328 e. The van der Waals surface area contributed by atoms with Crippen LogP contribution in [-0.4, -0.2) is 24.5 Å². The van der Waals surface area contributed by atoms with Crippen LogP contribution in [0.1, 0.15) is 33.3 Å². The lowest BCUT2D eigenvalue weighted by Gasteiger charge is -2.14. The van der Waals surface area contributed by atoms with Gasteiger partial charge in [0.1, 0.15) is 6.04 Å². The Morgan fingerprint density at radius 1 is 1.25 bits per heavy atom. The molecular formula is C16H23NO3. The average Bonchev–Trinajstić information content (AvgIpc) is 2.44. The lowest BCUT2D eigenvalue weighted by Crippen LogP contribution is -2.40. The molecule has 0 aliphatic rings. The lowest BCUT2D eigenvalue weighted by atomic mass is 10.1. The van der Waals surface area contributed by atoms with Gasteiger partial charge in [0, 0.05) is 1.37 Å². The van der Waals surface area contributed by atoms with Gasteiger partial charge in [-0.3, -0.25) is 4.79 Å². The van der Waals surface area contributed by atoms with Crippen molar-refractivity contribution in [2.75, 3.05) is 6.61 Å². The van der Waals surface area contributed by atoms with Gasteiger partial charge in [-0.2, -0.15) is 0 Å². The molecule has 0 radical (unpaired) electrons. The molecule has 0 bridgehead atoms. The molecule has 0 aliphatic carbocycles. The number of hydrogen-bond acceptors (Lipinski definition) is 3. The Hall–Kier alpha value is -1.84. The summed E-state index contributed by atoms with van der Waals surface area (Å²) in [5.41, 5.74) is 1.66. The first-order chi connectivity index (χ1) is 9.81. The molecule has 20 heavy (non-hydrogen) atoms. The molecule has 0 aliphatic heterocycles. The number of esters is 1. The van der Waals surface area contributed by atoms with Crippen LogP contribution in [0.15, 0.2) is 24.3 Å². The van der Waals surface area contributed by atoms with E-state index in [1.807, 2.05) is 32.9 Å². The van der Waals surface area contributed by atoms with Crippen LogP contribution >= 0.6 is 0 Å². The van der Waals surface area contributed by atoms with Gasteiger partial charge in [-0.15, -0.1) is 0 Å². The minimum atomic E-state index is -1.05. The van der Waals surface area contributed by atoms with E-state index in [9.17, 15) is 9.59 Å². The van der Waals surface area contributed by atoms with E-state index in [1.165, 1.54) is 0 Å². The molecule has 0 fully saturated rings. The molecule has 0 saturated heterocycles. The highest BCUT2D eigenvalue weighted by Gasteiger charge is 2.17. The van der Waals surface area contributed by atoms with Crippen LogP contribution in [0.25, 0.3) is 0 Å². The zero-order valence-electron chi connectivity index (χ0n) is 13.5. The fourth-order valence-corrected chi connectivity index (χ4v) is 1.50. The molecule has 1 aromatic carbocycles. The van der Waals surface area contributed by atoms with Crippen molar-refractivity contribution in [3.63, 3.8) is 0 Å². The molecule has 2 atom stereocenters. The summed E-state index contributed by atoms with van der Waals surface area (Å²) in [7, 11) is 0. The van der Waals surface area contributed by atoms with Crippen LogP contribution in [0.2, 0.25) is 0 Å². The van der Waals surface area contributed by atoms with Gasteiger partial charge < -0.3 is 10.1 Å². The van der Waals surface area contributed by atoms with Crippen molar-refractivity contribution in [3.05, 3.63) is 35.4 Å². The Labute approximate surface area is 121 Å². The molecule has 4 nitrogen and oxygen atoms in total. The Bertz CT molecular complexity index is 485. The number of carbonyl (C=O) groups is 2. The molecule has 0 heterocycles. The van der Waals surface area contributed by atoms with Gasteiger partial charge in [0.05, 0.1) is 13.0 Å². The molecular weight excluding hydrogens is 254 g/mol. The zero-order chi connectivity index (χ0) is 16.0. The van der Waals surface area contributed by atoms with Crippen LogP contribution in [0.3, 0.4) is 0 Å². The molecule has 1 N–H and O–H groups in total. The van der Waals surface area contributed by atoms with Gasteiger partial charge in [0.25, 0.3) is 0 Å². The van der Waals surface area contributed by atoms with Crippen LogP contribution in [0.5, 0.6) is 0 Å². The highest BCUT2D eigenvalue weighted by molar-refractivity contribution is 5.85. The number of hydrogen-bond donors (Lipinski definition) is 1. The summed E-state index contributed by atoms with van der Waals surface area (Å²) in [6.45, 7) is 7.70. The summed E-state index contributed by atoms with van der Waals surface area (Å²) in [6, 6.07) is 6.44. The summed E-state index contributed by atoms with van der Waals surface area (Å²) in [5, 5.41) is 2.52. The highest BCUT2D eigenvalue weighted by atomic mass is 16.5. The van der Waals surface area contributed by atoms with Gasteiger partial charge in [-0.1, -0.05) is 43.7 Å². The first-order valence-corrected chi connectivity index (χ1v) is 6.77. The number of nitrogens with one attached hydrogen (secondary N) is 1. The molecule has 1 unspecified atom stereocenters. The standard InChI is InChI=1S/C16H23NO3/c1-11(2)10-20-16(19)13(4)17-15(18)9-14-7-5-12(3)6-8-14/h5-8,11,13H,9-10H2,1-4H3,(H,17,18)/t13-/m0/s1/i9D/t9?,13-. The van der Waals surface area contributed by atoms with Crippen molar-refractivity contribution in [1.29, 1.82) is 0 Å². The summed E-state index contributed by atoms with van der Waals surface area (Å²) in [6.07, 6.45) is -1.05. The van der Waals surface area contributed by atoms with Crippen molar-refractivity contribution in [1.82, 2.24) is 5.32 Å². The SMILES string of the molecule is [2H]C(C(=O)N[C@@H](C)C(=O)OCC(C)C)c1ccc(C)cc1. The van der Waals surface area contributed by atoms with E-state index in [1.54, 1.807) is 19.1 Å². The molecule has 1 rings (SSSR count). The number of aryl methyl sites for hydroxylation is 1. The number of benzene rings is 1. The quantitative estimate of drug-likeness (QED) is 0.812. The molecule has 0 saturated carbocycles. The second kappa shape index (κ2) is 7.68. The van der Waals surface area contributed by atoms with E-state index in [0.29, 0.717) is 12.2 Å². The largest absolute Gasteiger partial charge is 0.464 e. The Morgan fingerprint density at radius 2 is 1.85 bits per heavy atom. The Balaban J connectivity index is 2.55. The number of amides is 1. The second-order valence-corrected chi connectivity index (χ2v) is 5.31. The molecule has 1 amide bonds. The average molecular weight is 278 g/mol. The molecule has 110 valence electrons.